The molecule has 0 spiro atoms. The maximum absolute atomic E-state index is 10.6. The first kappa shape index (κ1) is 8.19. The van der Waals surface area contributed by atoms with Gasteiger partial charge in [0.1, 0.15) is 0 Å². The van der Waals surface area contributed by atoms with Crippen LogP contribution in [0.2, 0.25) is 0 Å². The molecule has 0 saturated carbocycles. The number of rotatable bonds is 2. The van der Waals surface area contributed by atoms with Crippen molar-refractivity contribution >= 4 is 17.6 Å². The molecule has 0 radical (unpaired) electrons. The number of hydrogen-bond acceptors (Lipinski definition) is 4. The number of aromatic nitrogens is 1. The molecule has 0 unspecified atom stereocenters. The summed E-state index contributed by atoms with van der Waals surface area (Å²) in [5.41, 5.74) is 1.57. The van der Waals surface area contributed by atoms with Gasteiger partial charge in [-0.2, -0.15) is 0 Å². The van der Waals surface area contributed by atoms with Crippen molar-refractivity contribution in [3.8, 4) is 11.3 Å². The molecule has 2 aromatic heterocycles. The number of nitrogens with zero attached hydrogens (tertiary/aromatic N) is 1. The van der Waals surface area contributed by atoms with Crippen LogP contribution in [0.4, 0.5) is 0 Å². The fourth-order valence-electron chi connectivity index (χ4n) is 1.11. The molecule has 4 heteroatoms. The minimum Gasteiger partial charge on any atom is -0.461 e. The van der Waals surface area contributed by atoms with Gasteiger partial charge in [-0.1, -0.05) is 0 Å². The van der Waals surface area contributed by atoms with E-state index >= 15 is 0 Å². The van der Waals surface area contributed by atoms with Crippen molar-refractivity contribution in [1.82, 2.24) is 4.98 Å². The summed E-state index contributed by atoms with van der Waals surface area (Å²) in [6.07, 6.45) is 2.19. The predicted molar refractivity (Wildman–Crippen MR) is 49.9 cm³/mol. The van der Waals surface area contributed by atoms with E-state index in [4.69, 9.17) is 4.42 Å². The second kappa shape index (κ2) is 3.14. The van der Waals surface area contributed by atoms with Crippen molar-refractivity contribution < 1.29 is 9.21 Å². The lowest BCUT2D eigenvalue weighted by Crippen LogP contribution is -1.81. The predicted octanol–water partition coefficient (Wildman–Crippen LogP) is 2.52. The van der Waals surface area contributed by atoms with E-state index in [0.717, 1.165) is 16.3 Å². The van der Waals surface area contributed by atoms with Crippen molar-refractivity contribution in [2.75, 3.05) is 0 Å². The molecule has 2 heterocycles. The summed E-state index contributed by atoms with van der Waals surface area (Å²) in [7, 11) is 0. The molecule has 0 bridgehead atoms. The van der Waals surface area contributed by atoms with Gasteiger partial charge in [0.15, 0.2) is 12.0 Å². The third-order valence-electron chi connectivity index (χ3n) is 1.70. The Kier molecular flexibility index (Phi) is 1.98. The minimum absolute atomic E-state index is 0.338. The average molecular weight is 193 g/mol. The standard InChI is InChI=1S/C9H7NO2S/c1-6-10-8(5-13-6)7-2-3-12-9(7)4-11/h2-5H,1H3. The summed E-state index contributed by atoms with van der Waals surface area (Å²) < 4.78 is 4.97. The van der Waals surface area contributed by atoms with Crippen LogP contribution in [0.15, 0.2) is 22.1 Å². The van der Waals surface area contributed by atoms with Gasteiger partial charge < -0.3 is 4.42 Å². The van der Waals surface area contributed by atoms with Gasteiger partial charge >= 0.3 is 0 Å². The number of hydrogen-bond donors (Lipinski definition) is 0. The van der Waals surface area contributed by atoms with Crippen LogP contribution >= 0.6 is 11.3 Å². The van der Waals surface area contributed by atoms with Gasteiger partial charge in [-0.15, -0.1) is 11.3 Å². The maximum Gasteiger partial charge on any atom is 0.186 e. The molecule has 0 aliphatic heterocycles. The SMILES string of the molecule is Cc1nc(-c2ccoc2C=O)cs1. The van der Waals surface area contributed by atoms with E-state index < -0.39 is 0 Å². The van der Waals surface area contributed by atoms with Gasteiger partial charge in [0.2, 0.25) is 0 Å². The molecule has 0 saturated heterocycles. The Morgan fingerprint density at radius 1 is 1.62 bits per heavy atom. The van der Waals surface area contributed by atoms with Gasteiger partial charge in [-0.25, -0.2) is 4.98 Å². The van der Waals surface area contributed by atoms with Crippen LogP contribution in [0.3, 0.4) is 0 Å². The highest BCUT2D eigenvalue weighted by Crippen LogP contribution is 2.24. The Balaban J connectivity index is 2.51. The molecule has 2 rings (SSSR count). The highest BCUT2D eigenvalue weighted by atomic mass is 32.1. The molecule has 0 amide bonds. The van der Waals surface area contributed by atoms with Crippen LogP contribution in [0, 0.1) is 6.92 Å². The summed E-state index contributed by atoms with van der Waals surface area (Å²) in [6.45, 7) is 1.93. The molecule has 0 N–H and O–H groups in total. The highest BCUT2D eigenvalue weighted by Gasteiger charge is 2.09. The zero-order valence-electron chi connectivity index (χ0n) is 6.98. The molecule has 0 aliphatic carbocycles. The Morgan fingerprint density at radius 2 is 2.46 bits per heavy atom. The van der Waals surface area contributed by atoms with Gasteiger partial charge in [-0.3, -0.25) is 4.79 Å². The number of carbonyl (C=O) groups is 1. The number of carbonyl (C=O) groups excluding carboxylic acids is 1. The first-order chi connectivity index (χ1) is 6.31. The van der Waals surface area contributed by atoms with Gasteiger partial charge in [0, 0.05) is 5.38 Å². The second-order valence-corrected chi connectivity index (χ2v) is 3.63. The highest BCUT2D eigenvalue weighted by molar-refractivity contribution is 7.09. The molecule has 13 heavy (non-hydrogen) atoms. The van der Waals surface area contributed by atoms with Gasteiger partial charge in [0.25, 0.3) is 0 Å². The molecule has 3 nitrogen and oxygen atoms in total. The van der Waals surface area contributed by atoms with Gasteiger partial charge in [0.05, 0.1) is 22.5 Å². The quantitative estimate of drug-likeness (QED) is 0.688. The second-order valence-electron chi connectivity index (χ2n) is 2.57. The Morgan fingerprint density at radius 3 is 3.08 bits per heavy atom. The average Bonchev–Trinajstić information content (AvgIpc) is 2.71. The normalized spacial score (nSPS) is 10.2. The summed E-state index contributed by atoms with van der Waals surface area (Å²) in [6, 6.07) is 1.75. The van der Waals surface area contributed by atoms with Crippen LogP contribution in [0.1, 0.15) is 15.6 Å². The molecule has 0 fully saturated rings. The lowest BCUT2D eigenvalue weighted by molar-refractivity contribution is 0.110. The fourth-order valence-corrected chi connectivity index (χ4v) is 1.72. The van der Waals surface area contributed by atoms with E-state index in [-0.39, 0.29) is 0 Å². The number of aldehydes is 1. The molecule has 2 aromatic rings. The lowest BCUT2D eigenvalue weighted by atomic mass is 10.2. The maximum atomic E-state index is 10.6. The summed E-state index contributed by atoms with van der Waals surface area (Å²) in [5.74, 6) is 0.338. The number of thiazole rings is 1. The van der Waals surface area contributed by atoms with Crippen LogP contribution in [0.25, 0.3) is 11.3 Å². The molecular formula is C9H7NO2S. The largest absolute Gasteiger partial charge is 0.461 e. The van der Waals surface area contributed by atoms with E-state index in [9.17, 15) is 4.79 Å². The van der Waals surface area contributed by atoms with E-state index in [1.165, 1.54) is 6.26 Å². The lowest BCUT2D eigenvalue weighted by Gasteiger charge is -1.89. The summed E-state index contributed by atoms with van der Waals surface area (Å²) in [5, 5.41) is 2.89. The Bertz CT molecular complexity index is 430. The van der Waals surface area contributed by atoms with Crippen LogP contribution in [-0.4, -0.2) is 11.3 Å². The third-order valence-corrected chi connectivity index (χ3v) is 2.47. The summed E-state index contributed by atoms with van der Waals surface area (Å²) >= 11 is 1.55. The fraction of sp³-hybridized carbons (Fsp3) is 0.111. The zero-order valence-corrected chi connectivity index (χ0v) is 7.80. The van der Waals surface area contributed by atoms with Crippen LogP contribution in [-0.2, 0) is 0 Å². The molecule has 0 atom stereocenters. The van der Waals surface area contributed by atoms with E-state index in [1.54, 1.807) is 17.4 Å². The zero-order chi connectivity index (χ0) is 9.26. The molecular weight excluding hydrogens is 186 g/mol. The minimum atomic E-state index is 0.338. The van der Waals surface area contributed by atoms with Crippen molar-refractivity contribution in [3.63, 3.8) is 0 Å². The third kappa shape index (κ3) is 1.40. The van der Waals surface area contributed by atoms with Crippen molar-refractivity contribution in [2.45, 2.75) is 6.92 Å². The summed E-state index contributed by atoms with van der Waals surface area (Å²) in [4.78, 5) is 14.8. The first-order valence-electron chi connectivity index (χ1n) is 3.76. The Hall–Kier alpha value is -1.42. The number of aryl methyl sites for hydroxylation is 1. The molecule has 0 aromatic carbocycles. The molecule has 0 aliphatic rings. The van der Waals surface area contributed by atoms with E-state index in [1.807, 2.05) is 12.3 Å². The smallest absolute Gasteiger partial charge is 0.186 e. The van der Waals surface area contributed by atoms with Crippen molar-refractivity contribution in [2.24, 2.45) is 0 Å². The Labute approximate surface area is 79.0 Å². The first-order valence-corrected chi connectivity index (χ1v) is 4.64. The topological polar surface area (TPSA) is 43.1 Å². The van der Waals surface area contributed by atoms with Crippen molar-refractivity contribution in [1.29, 1.82) is 0 Å². The molecule has 66 valence electrons. The van der Waals surface area contributed by atoms with E-state index in [2.05, 4.69) is 4.98 Å². The van der Waals surface area contributed by atoms with E-state index in [0.29, 0.717) is 12.0 Å². The monoisotopic (exact) mass is 193 g/mol. The van der Waals surface area contributed by atoms with Gasteiger partial charge in [-0.05, 0) is 13.0 Å². The number of furan rings is 1. The van der Waals surface area contributed by atoms with Crippen molar-refractivity contribution in [3.05, 3.63) is 28.5 Å². The van der Waals surface area contributed by atoms with Crippen LogP contribution < -0.4 is 0 Å². The van der Waals surface area contributed by atoms with Crippen LogP contribution in [0.5, 0.6) is 0 Å².